The van der Waals surface area contributed by atoms with Gasteiger partial charge in [0.1, 0.15) is 18.1 Å². The summed E-state index contributed by atoms with van der Waals surface area (Å²) >= 11 is 13.0. The van der Waals surface area contributed by atoms with E-state index in [0.29, 0.717) is 38.9 Å². The average molecular weight is 482 g/mol. The van der Waals surface area contributed by atoms with Crippen LogP contribution >= 0.6 is 35.6 Å². The molecule has 4 rings (SSSR count). The van der Waals surface area contributed by atoms with E-state index in [9.17, 15) is 4.79 Å². The molecular weight excluding hydrogens is 462 g/mol. The molecule has 0 radical (unpaired) electrons. The van der Waals surface area contributed by atoms with Crippen molar-refractivity contribution < 1.29 is 14.3 Å². The molecule has 0 bridgehead atoms. The largest absolute Gasteiger partial charge is 0.494 e. The van der Waals surface area contributed by atoms with Crippen LogP contribution in [0.5, 0.6) is 11.5 Å². The van der Waals surface area contributed by atoms with Gasteiger partial charge < -0.3 is 9.47 Å². The third kappa shape index (κ3) is 4.99. The van der Waals surface area contributed by atoms with Gasteiger partial charge in [0.15, 0.2) is 4.32 Å². The molecule has 0 aromatic heterocycles. The number of benzene rings is 3. The molecule has 1 fully saturated rings. The summed E-state index contributed by atoms with van der Waals surface area (Å²) < 4.78 is 12.0. The number of ether oxygens (including phenoxy) is 2. The third-order valence-electron chi connectivity index (χ3n) is 4.75. The van der Waals surface area contributed by atoms with Crippen LogP contribution in [0, 0.1) is 0 Å². The smallest absolute Gasteiger partial charge is 0.270 e. The van der Waals surface area contributed by atoms with Crippen molar-refractivity contribution in [1.29, 1.82) is 0 Å². The van der Waals surface area contributed by atoms with Crippen LogP contribution in [-0.4, -0.2) is 16.8 Å². The first-order valence-electron chi connectivity index (χ1n) is 10.0. The van der Waals surface area contributed by atoms with Gasteiger partial charge in [-0.1, -0.05) is 72.0 Å². The number of hydrogen-bond acceptors (Lipinski definition) is 5. The second kappa shape index (κ2) is 10.2. The highest BCUT2D eigenvalue weighted by atomic mass is 35.5. The Morgan fingerprint density at radius 2 is 1.72 bits per heavy atom. The lowest BCUT2D eigenvalue weighted by atomic mass is 10.1. The Labute approximate surface area is 201 Å². The minimum atomic E-state index is -0.162. The fraction of sp³-hybridized carbons (Fsp3) is 0.120. The van der Waals surface area contributed by atoms with Crippen LogP contribution in [0.1, 0.15) is 18.1 Å². The molecule has 1 saturated heterocycles. The predicted molar refractivity (Wildman–Crippen MR) is 135 cm³/mol. The first-order chi connectivity index (χ1) is 15.6. The number of hydrogen-bond donors (Lipinski definition) is 0. The lowest BCUT2D eigenvalue weighted by Gasteiger charge is -2.15. The molecule has 0 spiro atoms. The van der Waals surface area contributed by atoms with Gasteiger partial charge >= 0.3 is 0 Å². The Hall–Kier alpha value is -2.80. The highest BCUT2D eigenvalue weighted by Crippen LogP contribution is 2.37. The van der Waals surface area contributed by atoms with Gasteiger partial charge in [0, 0.05) is 16.1 Å². The molecule has 1 amide bonds. The van der Waals surface area contributed by atoms with Gasteiger partial charge in [-0.15, -0.1) is 0 Å². The molecule has 7 heteroatoms. The van der Waals surface area contributed by atoms with Gasteiger partial charge in [0.25, 0.3) is 5.91 Å². The molecule has 4 nitrogen and oxygen atoms in total. The minimum absolute atomic E-state index is 0.162. The van der Waals surface area contributed by atoms with E-state index >= 15 is 0 Å². The van der Waals surface area contributed by atoms with Crippen molar-refractivity contribution in [1.82, 2.24) is 0 Å². The summed E-state index contributed by atoms with van der Waals surface area (Å²) in [5.41, 5.74) is 2.40. The minimum Gasteiger partial charge on any atom is -0.494 e. The first kappa shape index (κ1) is 22.4. The molecule has 3 aromatic carbocycles. The van der Waals surface area contributed by atoms with E-state index in [4.69, 9.17) is 33.3 Å². The summed E-state index contributed by atoms with van der Waals surface area (Å²) in [5.74, 6) is 1.26. The molecule has 0 unspecified atom stereocenters. The van der Waals surface area contributed by atoms with Crippen LogP contribution in [-0.2, 0) is 11.4 Å². The van der Waals surface area contributed by atoms with Gasteiger partial charge in [-0.05, 0) is 49.4 Å². The molecule has 1 aliphatic heterocycles. The zero-order valence-corrected chi connectivity index (χ0v) is 19.7. The molecule has 162 valence electrons. The number of rotatable bonds is 7. The number of thiocarbonyl (C=S) groups is 1. The van der Waals surface area contributed by atoms with Crippen molar-refractivity contribution in [2.45, 2.75) is 13.5 Å². The van der Waals surface area contributed by atoms with Crippen LogP contribution in [0.25, 0.3) is 6.08 Å². The molecule has 3 aromatic rings. The van der Waals surface area contributed by atoms with Crippen LogP contribution in [0.4, 0.5) is 5.69 Å². The number of carbonyl (C=O) groups is 1. The third-order valence-corrected chi connectivity index (χ3v) is 6.42. The van der Waals surface area contributed by atoms with Gasteiger partial charge in [-0.25, -0.2) is 0 Å². The summed E-state index contributed by atoms with van der Waals surface area (Å²) in [7, 11) is 0. The zero-order valence-electron chi connectivity index (χ0n) is 17.3. The van der Waals surface area contributed by atoms with Crippen LogP contribution in [0.15, 0.2) is 77.7 Å². The average Bonchev–Trinajstić information content (AvgIpc) is 3.08. The van der Waals surface area contributed by atoms with E-state index < -0.39 is 0 Å². The maximum atomic E-state index is 13.1. The maximum absolute atomic E-state index is 13.1. The molecular formula is C25H20ClNO3S2. The summed E-state index contributed by atoms with van der Waals surface area (Å²) in [5, 5.41) is 0.654. The van der Waals surface area contributed by atoms with E-state index in [1.165, 1.54) is 16.7 Å². The van der Waals surface area contributed by atoms with E-state index in [0.717, 1.165) is 16.9 Å². The van der Waals surface area contributed by atoms with Crippen molar-refractivity contribution >= 4 is 57.6 Å². The number of anilines is 1. The Balaban J connectivity index is 1.55. The lowest BCUT2D eigenvalue weighted by molar-refractivity contribution is -0.113. The van der Waals surface area contributed by atoms with Crippen LogP contribution in [0.2, 0.25) is 5.02 Å². The van der Waals surface area contributed by atoms with Crippen LogP contribution in [0.3, 0.4) is 0 Å². The Morgan fingerprint density at radius 3 is 2.47 bits per heavy atom. The standard InChI is InChI=1S/C25H20ClNO3S2/c1-2-29-20-13-11-19(12-14-20)27-24(28)23(32-25(27)31)15-17-7-4-6-10-22(17)30-16-18-8-3-5-9-21(18)26/h3-15H,2,16H2,1H3/b23-15+. The fourth-order valence-electron chi connectivity index (χ4n) is 3.19. The predicted octanol–water partition coefficient (Wildman–Crippen LogP) is 6.72. The molecule has 0 aliphatic carbocycles. The Bertz CT molecular complexity index is 1180. The van der Waals surface area contributed by atoms with E-state index in [2.05, 4.69) is 0 Å². The SMILES string of the molecule is CCOc1ccc(N2C(=O)/C(=C\c3ccccc3OCc3ccccc3Cl)SC2=S)cc1. The summed E-state index contributed by atoms with van der Waals surface area (Å²) in [4.78, 5) is 15.2. The molecule has 1 heterocycles. The Morgan fingerprint density at radius 1 is 1.00 bits per heavy atom. The normalized spacial score (nSPS) is 14.8. The highest BCUT2D eigenvalue weighted by molar-refractivity contribution is 8.27. The van der Waals surface area contributed by atoms with Gasteiger partial charge in [-0.2, -0.15) is 0 Å². The number of carbonyl (C=O) groups excluding carboxylic acids is 1. The van der Waals surface area contributed by atoms with Crippen LogP contribution < -0.4 is 14.4 Å². The fourth-order valence-corrected chi connectivity index (χ4v) is 4.67. The van der Waals surface area contributed by atoms with E-state index in [1.807, 2.05) is 85.8 Å². The number of halogens is 1. The topological polar surface area (TPSA) is 38.8 Å². The summed E-state index contributed by atoms with van der Waals surface area (Å²) in [6, 6.07) is 22.5. The number of para-hydroxylation sites is 1. The quantitative estimate of drug-likeness (QED) is 0.276. The molecule has 32 heavy (non-hydrogen) atoms. The van der Waals surface area contributed by atoms with Crippen molar-refractivity contribution in [3.8, 4) is 11.5 Å². The van der Waals surface area contributed by atoms with E-state index in [1.54, 1.807) is 0 Å². The van der Waals surface area contributed by atoms with Crippen molar-refractivity contribution in [2.24, 2.45) is 0 Å². The molecule has 0 N–H and O–H groups in total. The van der Waals surface area contributed by atoms with Gasteiger partial charge in [0.05, 0.1) is 17.2 Å². The molecule has 0 saturated carbocycles. The lowest BCUT2D eigenvalue weighted by Crippen LogP contribution is -2.27. The van der Waals surface area contributed by atoms with Crippen molar-refractivity contribution in [3.05, 3.63) is 93.9 Å². The van der Waals surface area contributed by atoms with Gasteiger partial charge in [0.2, 0.25) is 0 Å². The highest BCUT2D eigenvalue weighted by Gasteiger charge is 2.33. The van der Waals surface area contributed by atoms with Gasteiger partial charge in [-0.3, -0.25) is 9.69 Å². The zero-order chi connectivity index (χ0) is 22.5. The number of amides is 1. The molecule has 0 atom stereocenters. The second-order valence-corrected chi connectivity index (χ2v) is 8.94. The molecule has 1 aliphatic rings. The Kier molecular flexibility index (Phi) is 7.15. The first-order valence-corrected chi connectivity index (χ1v) is 11.6. The summed E-state index contributed by atoms with van der Waals surface area (Å²) in [6.07, 6.45) is 1.82. The number of nitrogens with zero attached hydrogens (tertiary/aromatic N) is 1. The van der Waals surface area contributed by atoms with E-state index in [-0.39, 0.29) is 5.91 Å². The second-order valence-electron chi connectivity index (χ2n) is 6.86. The van der Waals surface area contributed by atoms with Crippen molar-refractivity contribution in [3.63, 3.8) is 0 Å². The maximum Gasteiger partial charge on any atom is 0.270 e. The monoisotopic (exact) mass is 481 g/mol. The number of thioether (sulfide) groups is 1. The summed E-state index contributed by atoms with van der Waals surface area (Å²) in [6.45, 7) is 2.84. The van der Waals surface area contributed by atoms with Crippen molar-refractivity contribution in [2.75, 3.05) is 11.5 Å².